The van der Waals surface area contributed by atoms with E-state index < -0.39 is 0 Å². The molecule has 0 unspecified atom stereocenters. The summed E-state index contributed by atoms with van der Waals surface area (Å²) in [6.45, 7) is 2.00. The van der Waals surface area contributed by atoms with Crippen LogP contribution < -0.4 is 4.90 Å². The zero-order valence-electron chi connectivity index (χ0n) is 13.4. The van der Waals surface area contributed by atoms with Crippen LogP contribution in [0.25, 0.3) is 10.9 Å². The fourth-order valence-electron chi connectivity index (χ4n) is 3.22. The first kappa shape index (κ1) is 16.1. The third-order valence-corrected chi connectivity index (χ3v) is 4.59. The maximum absolute atomic E-state index is 9.90. The van der Waals surface area contributed by atoms with Crippen molar-refractivity contribution in [1.29, 1.82) is 0 Å². The van der Waals surface area contributed by atoms with Gasteiger partial charge in [0.2, 0.25) is 0 Å². The van der Waals surface area contributed by atoms with E-state index in [0.29, 0.717) is 25.6 Å². The SMILES string of the molecule is CN(CC1(CO)CCOCC1)c1nc(CO)nc2ccccc12. The van der Waals surface area contributed by atoms with Gasteiger partial charge >= 0.3 is 0 Å². The molecule has 2 N–H and O–H groups in total. The Kier molecular flexibility index (Phi) is 4.75. The predicted octanol–water partition coefficient (Wildman–Crippen LogP) is 1.35. The molecule has 1 aromatic heterocycles. The van der Waals surface area contributed by atoms with E-state index in [1.54, 1.807) is 0 Å². The lowest BCUT2D eigenvalue weighted by molar-refractivity contribution is -0.0113. The second-order valence-electron chi connectivity index (χ2n) is 6.27. The van der Waals surface area contributed by atoms with Crippen LogP contribution >= 0.6 is 0 Å². The number of anilines is 1. The van der Waals surface area contributed by atoms with Crippen LogP contribution in [0.5, 0.6) is 0 Å². The Balaban J connectivity index is 1.95. The summed E-state index contributed by atoms with van der Waals surface area (Å²) in [4.78, 5) is 10.9. The average molecular weight is 317 g/mol. The summed E-state index contributed by atoms with van der Waals surface area (Å²) in [5, 5.41) is 20.3. The molecule has 0 amide bonds. The lowest BCUT2D eigenvalue weighted by Crippen LogP contribution is -2.43. The normalized spacial score (nSPS) is 17.3. The zero-order valence-corrected chi connectivity index (χ0v) is 13.4. The number of nitrogens with zero attached hydrogens (tertiary/aromatic N) is 3. The van der Waals surface area contributed by atoms with Crippen LogP contribution in [-0.4, -0.2) is 53.6 Å². The first-order valence-electron chi connectivity index (χ1n) is 7.94. The molecular formula is C17H23N3O3. The summed E-state index contributed by atoms with van der Waals surface area (Å²) in [7, 11) is 1.98. The van der Waals surface area contributed by atoms with Crippen molar-refractivity contribution in [3.63, 3.8) is 0 Å². The topological polar surface area (TPSA) is 78.7 Å². The molecule has 6 heteroatoms. The summed E-state index contributed by atoms with van der Waals surface area (Å²) >= 11 is 0. The van der Waals surface area contributed by atoms with Crippen molar-refractivity contribution >= 4 is 16.7 Å². The molecule has 124 valence electrons. The van der Waals surface area contributed by atoms with Gasteiger partial charge in [0, 0.05) is 37.6 Å². The molecule has 23 heavy (non-hydrogen) atoms. The Morgan fingerprint density at radius 2 is 1.91 bits per heavy atom. The quantitative estimate of drug-likeness (QED) is 0.866. The molecule has 1 aromatic carbocycles. The van der Waals surface area contributed by atoms with Gasteiger partial charge < -0.3 is 19.8 Å². The molecule has 1 aliphatic heterocycles. The van der Waals surface area contributed by atoms with Crippen LogP contribution in [0, 0.1) is 5.41 Å². The van der Waals surface area contributed by atoms with Crippen LogP contribution in [0.3, 0.4) is 0 Å². The van der Waals surface area contributed by atoms with E-state index in [0.717, 1.165) is 29.6 Å². The number of hydrogen-bond donors (Lipinski definition) is 2. The molecule has 0 bridgehead atoms. The maximum atomic E-state index is 9.90. The van der Waals surface area contributed by atoms with Crippen molar-refractivity contribution in [3.05, 3.63) is 30.1 Å². The molecule has 0 saturated carbocycles. The minimum absolute atomic E-state index is 0.135. The predicted molar refractivity (Wildman–Crippen MR) is 88.3 cm³/mol. The van der Waals surface area contributed by atoms with E-state index >= 15 is 0 Å². The van der Waals surface area contributed by atoms with Gasteiger partial charge in [-0.2, -0.15) is 0 Å². The molecule has 0 atom stereocenters. The van der Waals surface area contributed by atoms with E-state index in [1.165, 1.54) is 0 Å². The maximum Gasteiger partial charge on any atom is 0.156 e. The van der Waals surface area contributed by atoms with E-state index in [4.69, 9.17) is 4.74 Å². The number of rotatable bonds is 5. The van der Waals surface area contributed by atoms with Crippen molar-refractivity contribution in [2.45, 2.75) is 19.4 Å². The van der Waals surface area contributed by atoms with Crippen molar-refractivity contribution in [2.75, 3.05) is 38.3 Å². The van der Waals surface area contributed by atoms with Gasteiger partial charge in [-0.1, -0.05) is 12.1 Å². The smallest absolute Gasteiger partial charge is 0.156 e. The van der Waals surface area contributed by atoms with E-state index in [1.807, 2.05) is 31.3 Å². The first-order chi connectivity index (χ1) is 11.2. The summed E-state index contributed by atoms with van der Waals surface area (Å²) in [5.41, 5.74) is 0.650. The molecule has 1 fully saturated rings. The second kappa shape index (κ2) is 6.78. The molecular weight excluding hydrogens is 294 g/mol. The highest BCUT2D eigenvalue weighted by Gasteiger charge is 2.34. The summed E-state index contributed by atoms with van der Waals surface area (Å²) in [6, 6.07) is 7.79. The minimum atomic E-state index is -0.190. The molecule has 1 saturated heterocycles. The monoisotopic (exact) mass is 317 g/mol. The second-order valence-corrected chi connectivity index (χ2v) is 6.27. The number of fused-ring (bicyclic) bond motifs is 1. The van der Waals surface area contributed by atoms with Crippen LogP contribution in [-0.2, 0) is 11.3 Å². The third-order valence-electron chi connectivity index (χ3n) is 4.59. The van der Waals surface area contributed by atoms with Crippen molar-refractivity contribution in [1.82, 2.24) is 9.97 Å². The van der Waals surface area contributed by atoms with E-state index in [-0.39, 0.29) is 18.6 Å². The molecule has 2 aromatic rings. The highest BCUT2D eigenvalue weighted by Crippen LogP contribution is 2.33. The van der Waals surface area contributed by atoms with Gasteiger partial charge in [-0.25, -0.2) is 9.97 Å². The van der Waals surface area contributed by atoms with Crippen LogP contribution in [0.1, 0.15) is 18.7 Å². The highest BCUT2D eigenvalue weighted by molar-refractivity contribution is 5.89. The number of para-hydroxylation sites is 1. The summed E-state index contributed by atoms with van der Waals surface area (Å²) < 4.78 is 5.43. The van der Waals surface area contributed by atoms with E-state index in [2.05, 4.69) is 14.9 Å². The Morgan fingerprint density at radius 3 is 2.61 bits per heavy atom. The minimum Gasteiger partial charge on any atom is -0.396 e. The molecule has 6 nitrogen and oxygen atoms in total. The Bertz CT molecular complexity index is 671. The number of ether oxygens (including phenoxy) is 1. The lowest BCUT2D eigenvalue weighted by atomic mass is 9.80. The summed E-state index contributed by atoms with van der Waals surface area (Å²) in [6.07, 6.45) is 1.67. The molecule has 3 rings (SSSR count). The Hall–Kier alpha value is -1.76. The molecule has 0 spiro atoms. The van der Waals surface area contributed by atoms with Gasteiger partial charge in [-0.15, -0.1) is 0 Å². The van der Waals surface area contributed by atoms with Crippen LogP contribution in [0.2, 0.25) is 0 Å². The van der Waals surface area contributed by atoms with Crippen molar-refractivity contribution in [2.24, 2.45) is 5.41 Å². The molecule has 0 aliphatic carbocycles. The van der Waals surface area contributed by atoms with Gasteiger partial charge in [0.25, 0.3) is 0 Å². The van der Waals surface area contributed by atoms with Crippen LogP contribution in [0.4, 0.5) is 5.82 Å². The number of aliphatic hydroxyl groups is 2. The van der Waals surface area contributed by atoms with Crippen molar-refractivity contribution < 1.29 is 14.9 Å². The number of aliphatic hydroxyl groups excluding tert-OH is 2. The highest BCUT2D eigenvalue weighted by atomic mass is 16.5. The average Bonchev–Trinajstić information content (AvgIpc) is 2.61. The van der Waals surface area contributed by atoms with Crippen molar-refractivity contribution in [3.8, 4) is 0 Å². The van der Waals surface area contributed by atoms with Gasteiger partial charge in [0.15, 0.2) is 5.82 Å². The third kappa shape index (κ3) is 3.29. The van der Waals surface area contributed by atoms with E-state index in [9.17, 15) is 10.2 Å². The standard InChI is InChI=1S/C17H23N3O3/c1-20(11-17(12-22)6-8-23-9-7-17)16-13-4-2-3-5-14(13)18-15(10-21)19-16/h2-5,21-22H,6-12H2,1H3. The Morgan fingerprint density at radius 1 is 1.17 bits per heavy atom. The van der Waals surface area contributed by atoms with Gasteiger partial charge in [-0.3, -0.25) is 0 Å². The fourth-order valence-corrected chi connectivity index (χ4v) is 3.22. The Labute approximate surface area is 135 Å². The zero-order chi connectivity index (χ0) is 16.3. The number of aromatic nitrogens is 2. The van der Waals surface area contributed by atoms with Crippen LogP contribution in [0.15, 0.2) is 24.3 Å². The largest absolute Gasteiger partial charge is 0.396 e. The van der Waals surface area contributed by atoms with Gasteiger partial charge in [0.1, 0.15) is 12.4 Å². The fraction of sp³-hybridized carbons (Fsp3) is 0.529. The molecule has 0 radical (unpaired) electrons. The number of benzene rings is 1. The van der Waals surface area contributed by atoms with Gasteiger partial charge in [-0.05, 0) is 25.0 Å². The first-order valence-corrected chi connectivity index (χ1v) is 7.94. The summed E-state index contributed by atoms with van der Waals surface area (Å²) in [5.74, 6) is 1.20. The van der Waals surface area contributed by atoms with Gasteiger partial charge in [0.05, 0.1) is 12.1 Å². The molecule has 1 aliphatic rings. The molecule has 2 heterocycles. The lowest BCUT2D eigenvalue weighted by Gasteiger charge is -2.39. The number of hydrogen-bond acceptors (Lipinski definition) is 6.